The normalized spacial score (nSPS) is 12.1. The Morgan fingerprint density at radius 1 is 1.40 bits per heavy atom. The molecular weight excluding hydrogens is 188 g/mol. The van der Waals surface area contributed by atoms with Gasteiger partial charge in [0, 0.05) is 5.69 Å². The summed E-state index contributed by atoms with van der Waals surface area (Å²) in [6, 6.07) is 7.70. The fourth-order valence-electron chi connectivity index (χ4n) is 1.53. The standard InChI is InChI=1S/C12H18N2O/c1-3-9-7-5-6-8-11(9)14-10(4-2)12(13)15/h5-8,10,14H,3-4H2,1-2H3,(H2,13,15). The molecule has 0 spiro atoms. The van der Waals surface area contributed by atoms with Crippen LogP contribution in [0.2, 0.25) is 0 Å². The second-order valence-electron chi connectivity index (χ2n) is 3.52. The fraction of sp³-hybridized carbons (Fsp3) is 0.417. The molecule has 3 N–H and O–H groups in total. The van der Waals surface area contributed by atoms with Gasteiger partial charge in [-0.1, -0.05) is 32.0 Å². The third-order valence-corrected chi connectivity index (χ3v) is 2.48. The Morgan fingerprint density at radius 2 is 2.07 bits per heavy atom. The first-order valence-electron chi connectivity index (χ1n) is 5.32. The SMILES string of the molecule is CCc1ccccc1NC(CC)C(N)=O. The number of anilines is 1. The number of hydrogen-bond donors (Lipinski definition) is 2. The second kappa shape index (κ2) is 5.39. The minimum Gasteiger partial charge on any atom is -0.373 e. The fourth-order valence-corrected chi connectivity index (χ4v) is 1.53. The van der Waals surface area contributed by atoms with E-state index in [9.17, 15) is 4.79 Å². The van der Waals surface area contributed by atoms with Crippen LogP contribution in [0.3, 0.4) is 0 Å². The van der Waals surface area contributed by atoms with Crippen molar-refractivity contribution in [3.05, 3.63) is 29.8 Å². The Morgan fingerprint density at radius 3 is 2.60 bits per heavy atom. The monoisotopic (exact) mass is 206 g/mol. The summed E-state index contributed by atoms with van der Waals surface area (Å²) in [7, 11) is 0. The Labute approximate surface area is 90.7 Å². The first-order valence-corrected chi connectivity index (χ1v) is 5.32. The van der Waals surface area contributed by atoms with Gasteiger partial charge in [-0.2, -0.15) is 0 Å². The van der Waals surface area contributed by atoms with E-state index < -0.39 is 0 Å². The molecular formula is C12H18N2O. The highest BCUT2D eigenvalue weighted by molar-refractivity contribution is 5.83. The Bertz CT molecular complexity index is 336. The summed E-state index contributed by atoms with van der Waals surface area (Å²) in [6.45, 7) is 4.03. The maximum atomic E-state index is 11.1. The van der Waals surface area contributed by atoms with Crippen LogP contribution in [-0.2, 0) is 11.2 Å². The first-order chi connectivity index (χ1) is 7.19. The predicted molar refractivity (Wildman–Crippen MR) is 62.7 cm³/mol. The number of rotatable bonds is 5. The molecule has 0 saturated heterocycles. The molecule has 0 fully saturated rings. The lowest BCUT2D eigenvalue weighted by Gasteiger charge is -2.17. The van der Waals surface area contributed by atoms with Gasteiger partial charge < -0.3 is 11.1 Å². The van der Waals surface area contributed by atoms with Crippen LogP contribution >= 0.6 is 0 Å². The van der Waals surface area contributed by atoms with Gasteiger partial charge in [0.05, 0.1) is 0 Å². The van der Waals surface area contributed by atoms with E-state index in [2.05, 4.69) is 18.3 Å². The number of nitrogens with two attached hydrogens (primary N) is 1. The molecule has 82 valence electrons. The Kier molecular flexibility index (Phi) is 4.16. The molecule has 0 saturated carbocycles. The van der Waals surface area contributed by atoms with E-state index >= 15 is 0 Å². The van der Waals surface area contributed by atoms with Crippen molar-refractivity contribution in [2.45, 2.75) is 32.7 Å². The lowest BCUT2D eigenvalue weighted by molar-refractivity contribution is -0.118. The second-order valence-corrected chi connectivity index (χ2v) is 3.52. The lowest BCUT2D eigenvalue weighted by Crippen LogP contribution is -2.34. The number of aryl methyl sites for hydroxylation is 1. The van der Waals surface area contributed by atoms with E-state index in [0.717, 1.165) is 12.1 Å². The van der Waals surface area contributed by atoms with Gasteiger partial charge in [0.1, 0.15) is 6.04 Å². The van der Waals surface area contributed by atoms with Crippen LogP contribution in [-0.4, -0.2) is 11.9 Å². The molecule has 0 bridgehead atoms. The molecule has 1 aromatic carbocycles. The van der Waals surface area contributed by atoms with Crippen molar-refractivity contribution >= 4 is 11.6 Å². The van der Waals surface area contributed by atoms with Crippen molar-refractivity contribution < 1.29 is 4.79 Å². The molecule has 0 aromatic heterocycles. The summed E-state index contributed by atoms with van der Waals surface area (Å²) < 4.78 is 0. The van der Waals surface area contributed by atoms with Gasteiger partial charge >= 0.3 is 0 Å². The summed E-state index contributed by atoms with van der Waals surface area (Å²) in [5, 5.41) is 3.17. The molecule has 0 aliphatic rings. The van der Waals surface area contributed by atoms with E-state index in [1.807, 2.05) is 25.1 Å². The van der Waals surface area contributed by atoms with E-state index in [0.29, 0.717) is 6.42 Å². The van der Waals surface area contributed by atoms with Gasteiger partial charge in [0.15, 0.2) is 0 Å². The van der Waals surface area contributed by atoms with Crippen molar-refractivity contribution in [1.82, 2.24) is 0 Å². The summed E-state index contributed by atoms with van der Waals surface area (Å²) in [5.74, 6) is -0.302. The van der Waals surface area contributed by atoms with E-state index in [-0.39, 0.29) is 11.9 Å². The molecule has 0 aliphatic heterocycles. The highest BCUT2D eigenvalue weighted by atomic mass is 16.1. The molecule has 0 radical (unpaired) electrons. The van der Waals surface area contributed by atoms with Crippen molar-refractivity contribution in [1.29, 1.82) is 0 Å². The number of primary amides is 1. The first kappa shape index (κ1) is 11.6. The third kappa shape index (κ3) is 2.98. The molecule has 1 rings (SSSR count). The summed E-state index contributed by atoms with van der Waals surface area (Å²) in [4.78, 5) is 11.1. The number of nitrogens with one attached hydrogen (secondary N) is 1. The summed E-state index contributed by atoms with van der Waals surface area (Å²) in [5.41, 5.74) is 7.50. The zero-order valence-electron chi connectivity index (χ0n) is 9.29. The van der Waals surface area contributed by atoms with Crippen LogP contribution in [0.25, 0.3) is 0 Å². The van der Waals surface area contributed by atoms with Crippen molar-refractivity contribution in [2.24, 2.45) is 5.73 Å². The van der Waals surface area contributed by atoms with Crippen molar-refractivity contribution in [2.75, 3.05) is 5.32 Å². The van der Waals surface area contributed by atoms with Gasteiger partial charge in [-0.25, -0.2) is 0 Å². The average Bonchev–Trinajstić information content (AvgIpc) is 2.25. The van der Waals surface area contributed by atoms with Crippen LogP contribution in [0, 0.1) is 0 Å². The summed E-state index contributed by atoms with van der Waals surface area (Å²) in [6.07, 6.45) is 1.64. The van der Waals surface area contributed by atoms with E-state index in [1.165, 1.54) is 5.56 Å². The molecule has 3 heteroatoms. The van der Waals surface area contributed by atoms with E-state index in [4.69, 9.17) is 5.73 Å². The predicted octanol–water partition coefficient (Wildman–Crippen LogP) is 1.92. The smallest absolute Gasteiger partial charge is 0.239 e. The number of hydrogen-bond acceptors (Lipinski definition) is 2. The zero-order chi connectivity index (χ0) is 11.3. The number of benzene rings is 1. The Balaban J connectivity index is 2.82. The molecule has 1 unspecified atom stereocenters. The molecule has 1 aromatic rings. The minimum atomic E-state index is -0.302. The van der Waals surface area contributed by atoms with Gasteiger partial charge in [-0.05, 0) is 24.5 Å². The number of carbonyl (C=O) groups excluding carboxylic acids is 1. The van der Waals surface area contributed by atoms with Gasteiger partial charge in [-0.3, -0.25) is 4.79 Å². The van der Waals surface area contributed by atoms with Crippen molar-refractivity contribution in [3.8, 4) is 0 Å². The molecule has 1 amide bonds. The average molecular weight is 206 g/mol. The summed E-state index contributed by atoms with van der Waals surface area (Å²) >= 11 is 0. The van der Waals surface area contributed by atoms with Crippen LogP contribution in [0.4, 0.5) is 5.69 Å². The van der Waals surface area contributed by atoms with Crippen LogP contribution in [0.1, 0.15) is 25.8 Å². The maximum absolute atomic E-state index is 11.1. The molecule has 3 nitrogen and oxygen atoms in total. The van der Waals surface area contributed by atoms with Crippen LogP contribution in [0.5, 0.6) is 0 Å². The topological polar surface area (TPSA) is 55.1 Å². The van der Waals surface area contributed by atoms with Gasteiger partial charge in [0.25, 0.3) is 0 Å². The van der Waals surface area contributed by atoms with Crippen LogP contribution < -0.4 is 11.1 Å². The minimum absolute atomic E-state index is 0.280. The Hall–Kier alpha value is -1.51. The highest BCUT2D eigenvalue weighted by Crippen LogP contribution is 2.17. The molecule has 0 aliphatic carbocycles. The maximum Gasteiger partial charge on any atom is 0.239 e. The van der Waals surface area contributed by atoms with E-state index in [1.54, 1.807) is 0 Å². The van der Waals surface area contributed by atoms with Gasteiger partial charge in [0.2, 0.25) is 5.91 Å². The largest absolute Gasteiger partial charge is 0.373 e. The van der Waals surface area contributed by atoms with Gasteiger partial charge in [-0.15, -0.1) is 0 Å². The number of para-hydroxylation sites is 1. The number of carbonyl (C=O) groups is 1. The zero-order valence-corrected chi connectivity index (χ0v) is 9.29. The number of amides is 1. The molecule has 0 heterocycles. The molecule has 15 heavy (non-hydrogen) atoms. The molecule has 1 atom stereocenters. The quantitative estimate of drug-likeness (QED) is 0.773. The van der Waals surface area contributed by atoms with Crippen molar-refractivity contribution in [3.63, 3.8) is 0 Å². The third-order valence-electron chi connectivity index (χ3n) is 2.48. The highest BCUT2D eigenvalue weighted by Gasteiger charge is 2.13. The lowest BCUT2D eigenvalue weighted by atomic mass is 10.1. The van der Waals surface area contributed by atoms with Crippen LogP contribution in [0.15, 0.2) is 24.3 Å².